The van der Waals surface area contributed by atoms with Crippen molar-refractivity contribution in [3.05, 3.63) is 70.7 Å². The first-order chi connectivity index (χ1) is 13.0. The molecule has 0 aromatic heterocycles. The Morgan fingerprint density at radius 2 is 1.89 bits per heavy atom. The molecule has 2 aromatic carbocycles. The van der Waals surface area contributed by atoms with Crippen molar-refractivity contribution in [2.45, 2.75) is 37.9 Å². The molecule has 0 aliphatic carbocycles. The van der Waals surface area contributed by atoms with E-state index in [4.69, 9.17) is 11.6 Å². The molecule has 1 fully saturated rings. The zero-order chi connectivity index (χ0) is 19.2. The zero-order valence-electron chi connectivity index (χ0n) is 15.2. The highest BCUT2D eigenvalue weighted by Crippen LogP contribution is 2.19. The van der Waals surface area contributed by atoms with Crippen LogP contribution in [0.15, 0.2) is 54.6 Å². The molecule has 27 heavy (non-hydrogen) atoms. The van der Waals surface area contributed by atoms with Crippen molar-refractivity contribution >= 4 is 23.4 Å². The Morgan fingerprint density at radius 1 is 1.15 bits per heavy atom. The number of nitrogens with one attached hydrogen (secondary N) is 1. The van der Waals surface area contributed by atoms with E-state index in [9.17, 15) is 9.59 Å². The summed E-state index contributed by atoms with van der Waals surface area (Å²) in [6.45, 7) is 1.00. The predicted octanol–water partition coefficient (Wildman–Crippen LogP) is 1.80. The summed E-state index contributed by atoms with van der Waals surface area (Å²) in [5.41, 5.74) is 6.05. The highest BCUT2D eigenvalue weighted by Gasteiger charge is 2.37. The van der Waals surface area contributed by atoms with Gasteiger partial charge >= 0.3 is 0 Å². The predicted molar refractivity (Wildman–Crippen MR) is 105 cm³/mol. The normalized spacial score (nSPS) is 17.6. The molecule has 0 unspecified atom stereocenters. The third kappa shape index (κ3) is 5.08. The van der Waals surface area contributed by atoms with E-state index in [0.29, 0.717) is 31.0 Å². The van der Waals surface area contributed by atoms with E-state index in [1.54, 1.807) is 11.0 Å². The van der Waals surface area contributed by atoms with Gasteiger partial charge in [0, 0.05) is 24.5 Å². The van der Waals surface area contributed by atoms with E-state index in [2.05, 4.69) is 11.1 Å². The minimum atomic E-state index is -0.420. The summed E-state index contributed by atoms with van der Waals surface area (Å²) in [5, 5.41) is 3.57. The highest BCUT2D eigenvalue weighted by molar-refractivity contribution is 6.30. The largest absolute Gasteiger partial charge is 0.350 e. The molecule has 1 saturated heterocycles. The fourth-order valence-corrected chi connectivity index (χ4v) is 3.69. The Kier molecular flexibility index (Phi) is 6.48. The number of carbonyl (C=O) groups is 2. The maximum atomic E-state index is 12.8. The maximum Gasteiger partial charge on any atom is 0.281 e. The fourth-order valence-electron chi connectivity index (χ4n) is 3.48. The number of amides is 2. The molecule has 2 amide bonds. The van der Waals surface area contributed by atoms with Gasteiger partial charge in [-0.25, -0.2) is 0 Å². The second kappa shape index (κ2) is 9.02. The highest BCUT2D eigenvalue weighted by atomic mass is 35.5. The van der Waals surface area contributed by atoms with Crippen LogP contribution in [0.3, 0.4) is 0 Å². The van der Waals surface area contributed by atoms with E-state index >= 15 is 0 Å². The lowest BCUT2D eigenvalue weighted by atomic mass is 10.1. The lowest BCUT2D eigenvalue weighted by Gasteiger charge is -2.25. The van der Waals surface area contributed by atoms with Crippen molar-refractivity contribution in [1.82, 2.24) is 10.2 Å². The number of benzene rings is 2. The second-order valence-electron chi connectivity index (χ2n) is 6.92. The van der Waals surface area contributed by atoms with Gasteiger partial charge in [0.1, 0.15) is 6.04 Å². The average molecular weight is 387 g/mol. The van der Waals surface area contributed by atoms with Crippen LogP contribution in [0.4, 0.5) is 0 Å². The van der Waals surface area contributed by atoms with Gasteiger partial charge in [0.25, 0.3) is 5.91 Å². The minimum Gasteiger partial charge on any atom is -0.350 e. The fraction of sp³-hybridized carbons (Fsp3) is 0.333. The van der Waals surface area contributed by atoms with Crippen LogP contribution in [0, 0.1) is 0 Å². The Morgan fingerprint density at radius 3 is 2.63 bits per heavy atom. The van der Waals surface area contributed by atoms with Gasteiger partial charge in [-0.1, -0.05) is 54.1 Å². The number of halogens is 1. The molecule has 1 aliphatic heterocycles. The molecule has 2 aromatic rings. The van der Waals surface area contributed by atoms with E-state index in [-0.39, 0.29) is 11.8 Å². The first-order valence-corrected chi connectivity index (χ1v) is 9.62. The molecule has 6 heteroatoms. The van der Waals surface area contributed by atoms with Gasteiger partial charge in [-0.05, 0) is 36.1 Å². The van der Waals surface area contributed by atoms with E-state index in [1.165, 1.54) is 0 Å². The van der Waals surface area contributed by atoms with Crippen LogP contribution in [-0.2, 0) is 22.6 Å². The number of quaternary nitrogens is 1. The molecule has 1 aliphatic rings. The van der Waals surface area contributed by atoms with Crippen molar-refractivity contribution in [1.29, 1.82) is 0 Å². The molecule has 4 N–H and O–H groups in total. The molecule has 142 valence electrons. The van der Waals surface area contributed by atoms with Crippen molar-refractivity contribution in [3.63, 3.8) is 0 Å². The van der Waals surface area contributed by atoms with Crippen molar-refractivity contribution < 1.29 is 15.3 Å². The topological polar surface area (TPSA) is 77.1 Å². The van der Waals surface area contributed by atoms with Crippen molar-refractivity contribution in [2.24, 2.45) is 0 Å². The molecule has 0 spiro atoms. The van der Waals surface area contributed by atoms with Gasteiger partial charge in [0.05, 0.1) is 0 Å². The third-order valence-electron chi connectivity index (χ3n) is 4.87. The Labute approximate surface area is 164 Å². The van der Waals surface area contributed by atoms with Crippen molar-refractivity contribution in [3.8, 4) is 0 Å². The number of likely N-dealkylation sites (tertiary alicyclic amines) is 1. The summed E-state index contributed by atoms with van der Waals surface area (Å²) in [6.07, 6.45) is 2.09. The lowest BCUT2D eigenvalue weighted by Crippen LogP contribution is -2.69. The number of nitrogens with zero attached hydrogens (tertiary/aromatic N) is 1. The first kappa shape index (κ1) is 19.4. The molecule has 0 bridgehead atoms. The Bertz CT molecular complexity index is 797. The van der Waals surface area contributed by atoms with Crippen molar-refractivity contribution in [2.75, 3.05) is 6.54 Å². The van der Waals surface area contributed by atoms with Gasteiger partial charge in [-0.15, -0.1) is 0 Å². The number of hydrogen-bond donors (Lipinski definition) is 2. The quantitative estimate of drug-likeness (QED) is 0.794. The molecule has 0 saturated carbocycles. The average Bonchev–Trinajstić information content (AvgIpc) is 3.16. The number of carbonyl (C=O) groups excluding carboxylic acids is 2. The minimum absolute atomic E-state index is 0.0562. The first-order valence-electron chi connectivity index (χ1n) is 9.24. The summed E-state index contributed by atoms with van der Waals surface area (Å²) >= 11 is 5.98. The van der Waals surface area contributed by atoms with E-state index in [1.807, 2.05) is 48.5 Å². The molecule has 1 heterocycles. The van der Waals surface area contributed by atoms with Crippen LogP contribution in [0.2, 0.25) is 5.02 Å². The van der Waals surface area contributed by atoms with Crippen LogP contribution in [-0.4, -0.2) is 35.3 Å². The van der Waals surface area contributed by atoms with Crippen LogP contribution in [0.5, 0.6) is 0 Å². The third-order valence-corrected chi connectivity index (χ3v) is 5.10. The molecular formula is C21H25ClN3O2+. The van der Waals surface area contributed by atoms with E-state index < -0.39 is 12.1 Å². The van der Waals surface area contributed by atoms with Crippen LogP contribution in [0.1, 0.15) is 24.0 Å². The summed E-state index contributed by atoms with van der Waals surface area (Å²) < 4.78 is 0. The van der Waals surface area contributed by atoms with E-state index in [0.717, 1.165) is 17.5 Å². The lowest BCUT2D eigenvalue weighted by molar-refractivity contribution is -0.405. The summed E-state index contributed by atoms with van der Waals surface area (Å²) in [5.74, 6) is -0.174. The summed E-state index contributed by atoms with van der Waals surface area (Å²) in [6, 6.07) is 16.4. The summed E-state index contributed by atoms with van der Waals surface area (Å²) in [4.78, 5) is 27.2. The SMILES string of the molecule is [NH3+][C@H](Cc1ccccc1)C(=O)N1CCC[C@H]1C(=O)NCc1cccc(Cl)c1. The van der Waals surface area contributed by atoms with Gasteiger partial charge in [0.15, 0.2) is 6.04 Å². The molecule has 5 nitrogen and oxygen atoms in total. The molecular weight excluding hydrogens is 362 g/mol. The molecule has 2 atom stereocenters. The standard InChI is InChI=1S/C21H24ClN3O2/c22-17-9-4-8-16(12-17)14-24-20(26)19-10-5-11-25(19)21(27)18(23)13-15-6-2-1-3-7-15/h1-4,6-9,12,18-19H,5,10-11,13-14,23H2,(H,24,26)/p+1/t18-,19+/m1/s1. The number of rotatable bonds is 6. The van der Waals surface area contributed by atoms with Gasteiger partial charge in [-0.2, -0.15) is 0 Å². The smallest absolute Gasteiger partial charge is 0.281 e. The van der Waals surface area contributed by atoms with Crippen LogP contribution >= 0.6 is 11.6 Å². The Hall–Kier alpha value is -2.37. The molecule has 3 rings (SSSR count). The van der Waals surface area contributed by atoms with Crippen LogP contribution < -0.4 is 11.1 Å². The maximum absolute atomic E-state index is 12.8. The summed E-state index contributed by atoms with van der Waals surface area (Å²) in [7, 11) is 0. The van der Waals surface area contributed by atoms with Gasteiger partial charge in [-0.3, -0.25) is 9.59 Å². The molecule has 0 radical (unpaired) electrons. The Balaban J connectivity index is 1.58. The van der Waals surface area contributed by atoms with Gasteiger partial charge in [0.2, 0.25) is 5.91 Å². The van der Waals surface area contributed by atoms with Crippen LogP contribution in [0.25, 0.3) is 0 Å². The zero-order valence-corrected chi connectivity index (χ0v) is 16.0. The van der Waals surface area contributed by atoms with Gasteiger partial charge < -0.3 is 16.0 Å². The number of hydrogen-bond acceptors (Lipinski definition) is 2. The second-order valence-corrected chi connectivity index (χ2v) is 7.36. The monoisotopic (exact) mass is 386 g/mol.